The molecule has 0 unspecified atom stereocenters. The summed E-state index contributed by atoms with van der Waals surface area (Å²) in [5.41, 5.74) is 5.47. The number of nitrogens with zero attached hydrogens (tertiary/aromatic N) is 2. The zero-order valence-corrected chi connectivity index (χ0v) is 10.9. The number of benzene rings is 1. The highest BCUT2D eigenvalue weighted by Gasteiger charge is 2.14. The average Bonchev–Trinajstić information content (AvgIpc) is 2.46. The van der Waals surface area contributed by atoms with Gasteiger partial charge in [-0.25, -0.2) is 0 Å². The number of carbonyl (C=O) groups is 1. The largest absolute Gasteiger partial charge is 0.324 e. The first kappa shape index (κ1) is 13.0. The van der Waals surface area contributed by atoms with Crippen molar-refractivity contribution in [1.82, 2.24) is 4.98 Å². The van der Waals surface area contributed by atoms with Crippen LogP contribution in [0.25, 0.3) is 0 Å². The summed E-state index contributed by atoms with van der Waals surface area (Å²) in [6.07, 6.45) is 1.55. The molecular weight excluding hydrogens is 240 g/mol. The lowest BCUT2D eigenvalue weighted by molar-refractivity contribution is 0.0988. The van der Waals surface area contributed by atoms with Crippen LogP contribution in [-0.4, -0.2) is 17.9 Å². The van der Waals surface area contributed by atoms with Crippen molar-refractivity contribution in [2.45, 2.75) is 6.92 Å². The molecule has 0 saturated carbocycles. The average molecular weight is 256 g/mol. The van der Waals surface area contributed by atoms with Gasteiger partial charge in [-0.2, -0.15) is 0 Å². The number of anilines is 2. The molecule has 0 saturated heterocycles. The Hall–Kier alpha value is -2.40. The van der Waals surface area contributed by atoms with E-state index >= 15 is 0 Å². The number of nitrogens with one attached hydrogen (secondary N) is 1. The van der Waals surface area contributed by atoms with Crippen LogP contribution >= 0.6 is 0 Å². The van der Waals surface area contributed by atoms with Gasteiger partial charge in [-0.05, 0) is 31.2 Å². The second-order valence-electron chi connectivity index (χ2n) is 4.27. The van der Waals surface area contributed by atoms with Crippen LogP contribution in [0.5, 0.6) is 0 Å². The quantitative estimate of drug-likeness (QED) is 0.650. The van der Waals surface area contributed by atoms with Gasteiger partial charge in [-0.3, -0.25) is 15.6 Å². The monoisotopic (exact) mass is 256 g/mol. The lowest BCUT2D eigenvalue weighted by Crippen LogP contribution is -2.27. The van der Waals surface area contributed by atoms with E-state index in [2.05, 4.69) is 10.4 Å². The molecule has 0 bridgehead atoms. The normalized spacial score (nSPS) is 10.1. The third kappa shape index (κ3) is 2.89. The smallest absolute Gasteiger partial charge is 0.276 e. The zero-order valence-electron chi connectivity index (χ0n) is 10.9. The molecule has 5 nitrogen and oxygen atoms in total. The van der Waals surface area contributed by atoms with Gasteiger partial charge in [-0.1, -0.05) is 17.7 Å². The van der Waals surface area contributed by atoms with Crippen LogP contribution in [0.4, 0.5) is 11.4 Å². The standard InChI is InChI=1S/C14H16N4O/c1-10-3-5-12(6-4-10)18(2)14(19)13-9-11(17-15)7-8-16-13/h3-9H,15H2,1-2H3,(H,16,17). The van der Waals surface area contributed by atoms with Crippen molar-refractivity contribution >= 4 is 17.3 Å². The first-order valence-corrected chi connectivity index (χ1v) is 5.89. The molecule has 0 aliphatic rings. The number of nitrogen functional groups attached to an aromatic ring is 1. The molecule has 0 atom stereocenters. The molecule has 0 aliphatic carbocycles. The van der Waals surface area contributed by atoms with Gasteiger partial charge in [0.15, 0.2) is 0 Å². The second kappa shape index (κ2) is 5.49. The first-order valence-electron chi connectivity index (χ1n) is 5.89. The second-order valence-corrected chi connectivity index (χ2v) is 4.27. The first-order chi connectivity index (χ1) is 9.11. The van der Waals surface area contributed by atoms with Crippen LogP contribution in [0, 0.1) is 6.92 Å². The molecule has 98 valence electrons. The molecule has 19 heavy (non-hydrogen) atoms. The van der Waals surface area contributed by atoms with E-state index in [1.54, 1.807) is 30.3 Å². The summed E-state index contributed by atoms with van der Waals surface area (Å²) in [7, 11) is 1.72. The number of hydrazine groups is 1. The van der Waals surface area contributed by atoms with Gasteiger partial charge in [0.1, 0.15) is 5.69 Å². The predicted octanol–water partition coefficient (Wildman–Crippen LogP) is 1.95. The van der Waals surface area contributed by atoms with Crippen LogP contribution in [-0.2, 0) is 0 Å². The van der Waals surface area contributed by atoms with E-state index in [0.29, 0.717) is 11.4 Å². The number of carbonyl (C=O) groups excluding carboxylic acids is 1. The summed E-state index contributed by atoms with van der Waals surface area (Å²) < 4.78 is 0. The number of aromatic nitrogens is 1. The third-order valence-corrected chi connectivity index (χ3v) is 2.87. The van der Waals surface area contributed by atoms with Gasteiger partial charge in [0.2, 0.25) is 0 Å². The van der Waals surface area contributed by atoms with Crippen molar-refractivity contribution in [2.75, 3.05) is 17.4 Å². The summed E-state index contributed by atoms with van der Waals surface area (Å²) in [5.74, 6) is 5.14. The Morgan fingerprint density at radius 3 is 2.58 bits per heavy atom. The molecule has 0 fully saturated rings. The molecule has 1 amide bonds. The van der Waals surface area contributed by atoms with E-state index in [1.165, 1.54) is 0 Å². The van der Waals surface area contributed by atoms with E-state index in [-0.39, 0.29) is 5.91 Å². The molecule has 0 spiro atoms. The Labute approximate surface area is 112 Å². The molecule has 1 aromatic heterocycles. The molecule has 5 heteroatoms. The van der Waals surface area contributed by atoms with Crippen molar-refractivity contribution in [3.63, 3.8) is 0 Å². The maximum atomic E-state index is 12.3. The Balaban J connectivity index is 2.25. The fraction of sp³-hybridized carbons (Fsp3) is 0.143. The number of amides is 1. The molecule has 0 aliphatic heterocycles. The van der Waals surface area contributed by atoms with Crippen molar-refractivity contribution in [1.29, 1.82) is 0 Å². The van der Waals surface area contributed by atoms with E-state index in [4.69, 9.17) is 5.84 Å². The number of pyridine rings is 1. The van der Waals surface area contributed by atoms with E-state index in [0.717, 1.165) is 11.3 Å². The Morgan fingerprint density at radius 2 is 1.95 bits per heavy atom. The minimum Gasteiger partial charge on any atom is -0.324 e. The number of aryl methyl sites for hydroxylation is 1. The topological polar surface area (TPSA) is 71.2 Å². The maximum absolute atomic E-state index is 12.3. The van der Waals surface area contributed by atoms with Crippen LogP contribution < -0.4 is 16.2 Å². The van der Waals surface area contributed by atoms with E-state index < -0.39 is 0 Å². The van der Waals surface area contributed by atoms with Crippen LogP contribution in [0.2, 0.25) is 0 Å². The molecule has 2 rings (SSSR count). The molecular formula is C14H16N4O. The third-order valence-electron chi connectivity index (χ3n) is 2.87. The van der Waals surface area contributed by atoms with Gasteiger partial charge in [0, 0.05) is 18.9 Å². The van der Waals surface area contributed by atoms with Crippen molar-refractivity contribution in [2.24, 2.45) is 5.84 Å². The van der Waals surface area contributed by atoms with Gasteiger partial charge < -0.3 is 10.3 Å². The molecule has 1 aromatic carbocycles. The number of rotatable bonds is 3. The molecule has 1 heterocycles. The molecule has 2 aromatic rings. The number of hydrogen-bond donors (Lipinski definition) is 2. The predicted molar refractivity (Wildman–Crippen MR) is 76.0 cm³/mol. The SMILES string of the molecule is Cc1ccc(N(C)C(=O)c2cc(NN)ccn2)cc1. The van der Waals surface area contributed by atoms with Crippen LogP contribution in [0.3, 0.4) is 0 Å². The van der Waals surface area contributed by atoms with Crippen molar-refractivity contribution in [3.8, 4) is 0 Å². The van der Waals surface area contributed by atoms with Gasteiger partial charge in [-0.15, -0.1) is 0 Å². The minimum absolute atomic E-state index is 0.180. The van der Waals surface area contributed by atoms with Crippen molar-refractivity contribution < 1.29 is 4.79 Å². The molecule has 0 radical (unpaired) electrons. The van der Waals surface area contributed by atoms with Crippen LogP contribution in [0.15, 0.2) is 42.6 Å². The highest BCUT2D eigenvalue weighted by atomic mass is 16.2. The van der Waals surface area contributed by atoms with Crippen molar-refractivity contribution in [3.05, 3.63) is 53.9 Å². The Bertz CT molecular complexity index is 580. The highest BCUT2D eigenvalue weighted by molar-refractivity contribution is 6.04. The van der Waals surface area contributed by atoms with E-state index in [9.17, 15) is 4.79 Å². The summed E-state index contributed by atoms with van der Waals surface area (Å²) in [4.78, 5) is 17.9. The zero-order chi connectivity index (χ0) is 13.8. The van der Waals surface area contributed by atoms with E-state index in [1.807, 2.05) is 31.2 Å². The summed E-state index contributed by atoms with van der Waals surface area (Å²) in [6, 6.07) is 11.0. The fourth-order valence-electron chi connectivity index (χ4n) is 1.69. The lowest BCUT2D eigenvalue weighted by atomic mass is 10.2. The minimum atomic E-state index is -0.180. The Morgan fingerprint density at radius 1 is 1.26 bits per heavy atom. The van der Waals surface area contributed by atoms with Gasteiger partial charge >= 0.3 is 0 Å². The van der Waals surface area contributed by atoms with Gasteiger partial charge in [0.05, 0.1) is 5.69 Å². The molecule has 3 N–H and O–H groups in total. The number of hydrogen-bond acceptors (Lipinski definition) is 4. The lowest BCUT2D eigenvalue weighted by Gasteiger charge is -2.17. The summed E-state index contributed by atoms with van der Waals surface area (Å²) >= 11 is 0. The van der Waals surface area contributed by atoms with Crippen LogP contribution in [0.1, 0.15) is 16.1 Å². The highest BCUT2D eigenvalue weighted by Crippen LogP contribution is 2.16. The summed E-state index contributed by atoms with van der Waals surface area (Å²) in [6.45, 7) is 2.00. The Kier molecular flexibility index (Phi) is 3.77. The number of nitrogens with two attached hydrogens (primary N) is 1. The van der Waals surface area contributed by atoms with Gasteiger partial charge in [0.25, 0.3) is 5.91 Å². The fourth-order valence-corrected chi connectivity index (χ4v) is 1.69. The summed E-state index contributed by atoms with van der Waals surface area (Å²) in [5, 5.41) is 0. The maximum Gasteiger partial charge on any atom is 0.276 e.